The van der Waals surface area contributed by atoms with Gasteiger partial charge in [-0.1, -0.05) is 18.2 Å². The van der Waals surface area contributed by atoms with E-state index in [1.807, 2.05) is 19.1 Å². The number of anilines is 1. The number of nitrogens with two attached hydrogens (primary N) is 1. The number of para-hydroxylation sites is 2. The van der Waals surface area contributed by atoms with Gasteiger partial charge >= 0.3 is 0 Å². The van der Waals surface area contributed by atoms with E-state index in [4.69, 9.17) is 10.5 Å². The van der Waals surface area contributed by atoms with Gasteiger partial charge in [0.05, 0.1) is 5.69 Å². The van der Waals surface area contributed by atoms with Crippen molar-refractivity contribution < 1.29 is 9.53 Å². The Labute approximate surface area is 102 Å². The van der Waals surface area contributed by atoms with Gasteiger partial charge in [-0.05, 0) is 19.1 Å². The molecule has 4 heteroatoms. The van der Waals surface area contributed by atoms with Gasteiger partial charge < -0.3 is 15.4 Å². The molecule has 0 aliphatic heterocycles. The number of carbonyl (C=O) groups excluding carboxylic acids is 1. The molecule has 0 aliphatic carbocycles. The van der Waals surface area contributed by atoms with Gasteiger partial charge in [-0.3, -0.25) is 4.79 Å². The molecule has 0 spiro atoms. The molecule has 1 aromatic rings. The van der Waals surface area contributed by atoms with Gasteiger partial charge in [0.1, 0.15) is 5.75 Å². The molecule has 0 unspecified atom stereocenters. The molecule has 0 saturated heterocycles. The molecular weight excluding hydrogens is 216 g/mol. The van der Waals surface area contributed by atoms with Gasteiger partial charge in [0.25, 0.3) is 5.91 Å². The van der Waals surface area contributed by atoms with Crippen molar-refractivity contribution in [2.24, 2.45) is 0 Å². The van der Waals surface area contributed by atoms with Crippen molar-refractivity contribution in [1.82, 2.24) is 4.90 Å². The number of likely N-dealkylation sites (N-methyl/N-ethyl adjacent to an activating group) is 1. The van der Waals surface area contributed by atoms with Crippen LogP contribution in [0, 0.1) is 0 Å². The van der Waals surface area contributed by atoms with Crippen molar-refractivity contribution >= 4 is 11.6 Å². The largest absolute Gasteiger partial charge is 0.482 e. The zero-order chi connectivity index (χ0) is 12.7. The number of nitrogens with zero attached hydrogens (tertiary/aromatic N) is 1. The van der Waals surface area contributed by atoms with Gasteiger partial charge in [0.15, 0.2) is 6.61 Å². The van der Waals surface area contributed by atoms with Crippen molar-refractivity contribution in [3.63, 3.8) is 0 Å². The lowest BCUT2D eigenvalue weighted by Crippen LogP contribution is -2.34. The second-order valence-electron chi connectivity index (χ2n) is 3.55. The minimum absolute atomic E-state index is 0.00407. The number of amides is 1. The average molecular weight is 234 g/mol. The molecule has 0 aromatic heterocycles. The number of hydrogen-bond acceptors (Lipinski definition) is 3. The zero-order valence-electron chi connectivity index (χ0n) is 10.1. The van der Waals surface area contributed by atoms with E-state index >= 15 is 0 Å². The van der Waals surface area contributed by atoms with Crippen LogP contribution in [0.5, 0.6) is 5.75 Å². The fourth-order valence-electron chi connectivity index (χ4n) is 1.41. The average Bonchev–Trinajstić information content (AvgIpc) is 2.34. The second-order valence-corrected chi connectivity index (χ2v) is 3.55. The topological polar surface area (TPSA) is 55.6 Å². The Bertz CT molecular complexity index is 391. The summed E-state index contributed by atoms with van der Waals surface area (Å²) in [7, 11) is 0. The van der Waals surface area contributed by atoms with Crippen LogP contribution in [0.15, 0.2) is 36.9 Å². The summed E-state index contributed by atoms with van der Waals surface area (Å²) in [5.74, 6) is 0.464. The fraction of sp³-hybridized carbons (Fsp3) is 0.308. The summed E-state index contributed by atoms with van der Waals surface area (Å²) in [6, 6.07) is 7.12. The molecule has 1 rings (SSSR count). The molecule has 1 aromatic carbocycles. The first-order chi connectivity index (χ1) is 8.19. The van der Waals surface area contributed by atoms with Crippen LogP contribution in [-0.2, 0) is 4.79 Å². The molecule has 2 N–H and O–H groups in total. The maximum atomic E-state index is 11.8. The van der Waals surface area contributed by atoms with E-state index in [2.05, 4.69) is 6.58 Å². The summed E-state index contributed by atoms with van der Waals surface area (Å²) in [5, 5.41) is 0. The number of ether oxygens (including phenoxy) is 1. The van der Waals surface area contributed by atoms with Crippen molar-refractivity contribution in [1.29, 1.82) is 0 Å². The highest BCUT2D eigenvalue weighted by Gasteiger charge is 2.11. The minimum atomic E-state index is -0.0735. The third-order valence-corrected chi connectivity index (χ3v) is 2.35. The highest BCUT2D eigenvalue weighted by molar-refractivity contribution is 5.78. The van der Waals surface area contributed by atoms with Crippen LogP contribution in [0.3, 0.4) is 0 Å². The third-order valence-electron chi connectivity index (χ3n) is 2.35. The lowest BCUT2D eigenvalue weighted by Gasteiger charge is -2.19. The number of nitrogen functional groups attached to an aromatic ring is 1. The van der Waals surface area contributed by atoms with Crippen LogP contribution in [0.25, 0.3) is 0 Å². The van der Waals surface area contributed by atoms with Crippen molar-refractivity contribution in [2.45, 2.75) is 6.92 Å². The van der Waals surface area contributed by atoms with E-state index < -0.39 is 0 Å². The van der Waals surface area contributed by atoms with Crippen LogP contribution in [0.1, 0.15) is 6.92 Å². The summed E-state index contributed by atoms with van der Waals surface area (Å²) in [5.41, 5.74) is 6.24. The molecule has 0 radical (unpaired) electrons. The Morgan fingerprint density at radius 1 is 1.53 bits per heavy atom. The minimum Gasteiger partial charge on any atom is -0.482 e. The summed E-state index contributed by atoms with van der Waals surface area (Å²) in [6.45, 7) is 6.69. The van der Waals surface area contributed by atoms with Gasteiger partial charge in [-0.15, -0.1) is 6.58 Å². The van der Waals surface area contributed by atoms with Gasteiger partial charge in [0, 0.05) is 13.1 Å². The first kappa shape index (κ1) is 13.1. The second kappa shape index (κ2) is 6.58. The molecule has 0 heterocycles. The van der Waals surface area contributed by atoms with Crippen molar-refractivity contribution in [3.05, 3.63) is 36.9 Å². The van der Waals surface area contributed by atoms with E-state index in [9.17, 15) is 4.79 Å². The Morgan fingerprint density at radius 2 is 2.24 bits per heavy atom. The Morgan fingerprint density at radius 3 is 2.82 bits per heavy atom. The molecule has 0 aliphatic rings. The zero-order valence-corrected chi connectivity index (χ0v) is 10.1. The van der Waals surface area contributed by atoms with Gasteiger partial charge in [-0.25, -0.2) is 0 Å². The molecule has 0 atom stereocenters. The van der Waals surface area contributed by atoms with Crippen LogP contribution >= 0.6 is 0 Å². The third kappa shape index (κ3) is 3.83. The van der Waals surface area contributed by atoms with E-state index in [0.29, 0.717) is 24.5 Å². The molecule has 1 amide bonds. The maximum absolute atomic E-state index is 11.8. The highest BCUT2D eigenvalue weighted by atomic mass is 16.5. The first-order valence-corrected chi connectivity index (χ1v) is 5.55. The summed E-state index contributed by atoms with van der Waals surface area (Å²) < 4.78 is 5.38. The summed E-state index contributed by atoms with van der Waals surface area (Å²) >= 11 is 0. The standard InChI is InChI=1S/C13H18N2O2/c1-3-9-15(4-2)13(16)10-17-12-8-6-5-7-11(12)14/h3,5-8H,1,4,9-10,14H2,2H3. The van der Waals surface area contributed by atoms with E-state index in [1.165, 1.54) is 0 Å². The van der Waals surface area contributed by atoms with Crippen LogP contribution in [-0.4, -0.2) is 30.5 Å². The number of rotatable bonds is 6. The predicted octanol–water partition coefficient (Wildman–Crippen LogP) is 1.68. The van der Waals surface area contributed by atoms with E-state index in [-0.39, 0.29) is 12.5 Å². The molecule has 0 saturated carbocycles. The smallest absolute Gasteiger partial charge is 0.260 e. The SMILES string of the molecule is C=CCN(CC)C(=O)COc1ccccc1N. The monoisotopic (exact) mass is 234 g/mol. The van der Waals surface area contributed by atoms with E-state index in [0.717, 1.165) is 0 Å². The molecule has 0 bridgehead atoms. The first-order valence-electron chi connectivity index (χ1n) is 5.55. The Balaban J connectivity index is 2.53. The summed E-state index contributed by atoms with van der Waals surface area (Å²) in [4.78, 5) is 13.4. The lowest BCUT2D eigenvalue weighted by molar-refractivity contribution is -0.132. The molecular formula is C13H18N2O2. The van der Waals surface area contributed by atoms with Crippen LogP contribution < -0.4 is 10.5 Å². The number of benzene rings is 1. The van der Waals surface area contributed by atoms with Crippen molar-refractivity contribution in [2.75, 3.05) is 25.4 Å². The predicted molar refractivity (Wildman–Crippen MR) is 68.8 cm³/mol. The van der Waals surface area contributed by atoms with Gasteiger partial charge in [0.2, 0.25) is 0 Å². The highest BCUT2D eigenvalue weighted by Crippen LogP contribution is 2.19. The fourth-order valence-corrected chi connectivity index (χ4v) is 1.41. The number of hydrogen-bond donors (Lipinski definition) is 1. The molecule has 17 heavy (non-hydrogen) atoms. The van der Waals surface area contributed by atoms with Crippen LogP contribution in [0.2, 0.25) is 0 Å². The normalized spacial score (nSPS) is 9.71. The van der Waals surface area contributed by atoms with Gasteiger partial charge in [-0.2, -0.15) is 0 Å². The molecule has 4 nitrogen and oxygen atoms in total. The van der Waals surface area contributed by atoms with Crippen molar-refractivity contribution in [3.8, 4) is 5.75 Å². The lowest BCUT2D eigenvalue weighted by atomic mass is 10.3. The van der Waals surface area contributed by atoms with Crippen LogP contribution in [0.4, 0.5) is 5.69 Å². The van der Waals surface area contributed by atoms with E-state index in [1.54, 1.807) is 23.1 Å². The number of carbonyl (C=O) groups is 1. The maximum Gasteiger partial charge on any atom is 0.260 e. The Hall–Kier alpha value is -1.97. The summed E-state index contributed by atoms with van der Waals surface area (Å²) in [6.07, 6.45) is 1.69. The quantitative estimate of drug-likeness (QED) is 0.602. The Kier molecular flexibility index (Phi) is 5.07. The molecule has 92 valence electrons. The molecule has 0 fully saturated rings.